The van der Waals surface area contributed by atoms with Gasteiger partial charge in [0, 0.05) is 20.5 Å². The van der Waals surface area contributed by atoms with E-state index in [0.29, 0.717) is 15.8 Å². The molecule has 5 nitrogen and oxygen atoms in total. The van der Waals surface area contributed by atoms with E-state index in [1.54, 1.807) is 0 Å². The fourth-order valence-electron chi connectivity index (χ4n) is 1.97. The summed E-state index contributed by atoms with van der Waals surface area (Å²) in [6.07, 6.45) is 2.44. The number of thiophene rings is 1. The molecule has 18 heavy (non-hydrogen) atoms. The van der Waals surface area contributed by atoms with Gasteiger partial charge in [-0.05, 0) is 18.8 Å². The van der Waals surface area contributed by atoms with Gasteiger partial charge >= 0.3 is 0 Å². The minimum absolute atomic E-state index is 0.133. The maximum absolute atomic E-state index is 11.5. The highest BCUT2D eigenvalue weighted by Crippen LogP contribution is 2.39. The number of Topliss-reactive ketones (excluding diaryl/α,β-unsaturated/α-hetero) is 1. The summed E-state index contributed by atoms with van der Waals surface area (Å²) in [5.41, 5.74) is 11.7. The number of nitrogens with zero attached hydrogens (tertiary/aromatic N) is 1. The lowest BCUT2D eigenvalue weighted by Crippen LogP contribution is -2.23. The van der Waals surface area contributed by atoms with Gasteiger partial charge in [0.15, 0.2) is 5.78 Å². The number of carbonyl (C=O) groups is 2. The van der Waals surface area contributed by atoms with Gasteiger partial charge in [0.05, 0.1) is 16.1 Å². The van der Waals surface area contributed by atoms with Crippen LogP contribution in [0.2, 0.25) is 0 Å². The number of carbonyl (C=O) groups excluding carboxylic acids is 2. The van der Waals surface area contributed by atoms with Crippen molar-refractivity contribution in [2.24, 2.45) is 11.7 Å². The van der Waals surface area contributed by atoms with Crippen LogP contribution < -0.4 is 16.4 Å². The lowest BCUT2D eigenvalue weighted by molar-refractivity contribution is 0.100. The highest BCUT2D eigenvalue weighted by Gasteiger charge is 2.28. The van der Waals surface area contributed by atoms with Crippen LogP contribution in [-0.2, 0) is 0 Å². The van der Waals surface area contributed by atoms with E-state index in [4.69, 9.17) is 11.5 Å². The van der Waals surface area contributed by atoms with Gasteiger partial charge in [-0.15, -0.1) is 11.3 Å². The smallest absolute Gasteiger partial charge is 0.253 e. The van der Waals surface area contributed by atoms with Crippen LogP contribution in [0.5, 0.6) is 0 Å². The molecule has 1 aliphatic carbocycles. The van der Waals surface area contributed by atoms with Crippen molar-refractivity contribution in [2.75, 3.05) is 24.2 Å². The van der Waals surface area contributed by atoms with Gasteiger partial charge in [0.2, 0.25) is 0 Å². The Hall–Kier alpha value is -1.56. The summed E-state index contributed by atoms with van der Waals surface area (Å²) >= 11 is 1.25. The molecule has 0 saturated heterocycles. The number of rotatable bonds is 5. The van der Waals surface area contributed by atoms with E-state index in [9.17, 15) is 9.59 Å². The van der Waals surface area contributed by atoms with Crippen molar-refractivity contribution in [2.45, 2.75) is 19.8 Å². The maximum atomic E-state index is 11.5. The number of primary amides is 1. The molecule has 1 heterocycles. The molecule has 1 amide bonds. The molecule has 2 rings (SSSR count). The third-order valence-corrected chi connectivity index (χ3v) is 4.49. The number of anilines is 2. The second kappa shape index (κ2) is 4.61. The van der Waals surface area contributed by atoms with Crippen LogP contribution in [0.15, 0.2) is 0 Å². The minimum Gasteiger partial charge on any atom is -0.397 e. The Kier molecular flexibility index (Phi) is 3.30. The van der Waals surface area contributed by atoms with E-state index >= 15 is 0 Å². The third-order valence-electron chi connectivity index (χ3n) is 3.07. The van der Waals surface area contributed by atoms with Gasteiger partial charge in [0.1, 0.15) is 5.00 Å². The molecule has 0 bridgehead atoms. The first-order valence-corrected chi connectivity index (χ1v) is 6.67. The zero-order valence-electron chi connectivity index (χ0n) is 10.5. The fourth-order valence-corrected chi connectivity index (χ4v) is 3.06. The predicted molar refractivity (Wildman–Crippen MR) is 73.2 cm³/mol. The number of hydrogen-bond acceptors (Lipinski definition) is 5. The monoisotopic (exact) mass is 267 g/mol. The van der Waals surface area contributed by atoms with Crippen LogP contribution in [0.3, 0.4) is 0 Å². The van der Waals surface area contributed by atoms with Gasteiger partial charge < -0.3 is 16.4 Å². The maximum Gasteiger partial charge on any atom is 0.253 e. The first-order valence-electron chi connectivity index (χ1n) is 5.86. The second-order valence-corrected chi connectivity index (χ2v) is 5.77. The average molecular weight is 267 g/mol. The quantitative estimate of drug-likeness (QED) is 0.791. The van der Waals surface area contributed by atoms with E-state index in [1.165, 1.54) is 31.1 Å². The van der Waals surface area contributed by atoms with Gasteiger partial charge in [-0.2, -0.15) is 0 Å². The van der Waals surface area contributed by atoms with Crippen LogP contribution in [0.25, 0.3) is 0 Å². The van der Waals surface area contributed by atoms with Gasteiger partial charge in [-0.1, -0.05) is 0 Å². The third kappa shape index (κ3) is 2.33. The molecule has 1 aliphatic rings. The molecule has 0 aromatic carbocycles. The second-order valence-electron chi connectivity index (χ2n) is 4.77. The molecule has 98 valence electrons. The van der Waals surface area contributed by atoms with Crippen LogP contribution >= 0.6 is 11.3 Å². The summed E-state index contributed by atoms with van der Waals surface area (Å²) in [6, 6.07) is 0. The van der Waals surface area contributed by atoms with Gasteiger partial charge in [0.25, 0.3) is 5.91 Å². The van der Waals surface area contributed by atoms with E-state index < -0.39 is 5.91 Å². The van der Waals surface area contributed by atoms with Crippen molar-refractivity contribution >= 4 is 33.7 Å². The van der Waals surface area contributed by atoms with E-state index in [1.807, 2.05) is 11.9 Å². The summed E-state index contributed by atoms with van der Waals surface area (Å²) in [5, 5.41) is 0.706. The van der Waals surface area contributed by atoms with Crippen molar-refractivity contribution < 1.29 is 9.59 Å². The summed E-state index contributed by atoms with van der Waals surface area (Å²) < 4.78 is 0. The van der Waals surface area contributed by atoms with Crippen molar-refractivity contribution in [3.05, 3.63) is 10.4 Å². The molecule has 0 atom stereocenters. The Morgan fingerprint density at radius 2 is 2.06 bits per heavy atom. The molecule has 0 unspecified atom stereocenters. The zero-order chi connectivity index (χ0) is 13.4. The van der Waals surface area contributed by atoms with E-state index in [2.05, 4.69) is 0 Å². The van der Waals surface area contributed by atoms with Gasteiger partial charge in [-0.3, -0.25) is 9.59 Å². The molecule has 0 radical (unpaired) electrons. The first-order chi connectivity index (χ1) is 8.41. The van der Waals surface area contributed by atoms with Gasteiger partial charge in [-0.25, -0.2) is 0 Å². The topological polar surface area (TPSA) is 89.4 Å². The Morgan fingerprint density at radius 1 is 1.44 bits per heavy atom. The highest BCUT2D eigenvalue weighted by atomic mass is 32.1. The minimum atomic E-state index is -0.575. The number of nitrogen functional groups attached to an aromatic ring is 1. The van der Waals surface area contributed by atoms with Crippen LogP contribution in [0.4, 0.5) is 10.7 Å². The summed E-state index contributed by atoms with van der Waals surface area (Å²) in [5.74, 6) is -0.0280. The normalized spacial score (nSPS) is 14.6. The summed E-state index contributed by atoms with van der Waals surface area (Å²) in [7, 11) is 1.90. The van der Waals surface area contributed by atoms with Crippen molar-refractivity contribution in [3.8, 4) is 0 Å². The standard InChI is InChI=1S/C12H17N3O2S/c1-6(16)10-9(13)8(11(14)17)12(18-10)15(2)5-7-3-4-7/h7H,3-5,13H2,1-2H3,(H2,14,17). The Balaban J connectivity index is 2.40. The molecule has 0 aliphatic heterocycles. The number of hydrogen-bond donors (Lipinski definition) is 2. The molecule has 1 aromatic heterocycles. The molecular formula is C12H17N3O2S. The molecule has 1 fully saturated rings. The molecular weight excluding hydrogens is 250 g/mol. The van der Waals surface area contributed by atoms with Crippen molar-refractivity contribution in [1.29, 1.82) is 0 Å². The average Bonchev–Trinajstić information content (AvgIpc) is 2.98. The Labute approximate surface area is 110 Å². The summed E-state index contributed by atoms with van der Waals surface area (Å²) in [6.45, 7) is 2.31. The number of nitrogens with two attached hydrogens (primary N) is 2. The van der Waals surface area contributed by atoms with E-state index in [-0.39, 0.29) is 17.0 Å². The number of amides is 1. The Bertz CT molecular complexity index is 506. The Morgan fingerprint density at radius 3 is 2.50 bits per heavy atom. The largest absolute Gasteiger partial charge is 0.397 e. The fraction of sp³-hybridized carbons (Fsp3) is 0.500. The molecule has 4 N–H and O–H groups in total. The molecule has 1 aromatic rings. The van der Waals surface area contributed by atoms with Crippen molar-refractivity contribution in [1.82, 2.24) is 0 Å². The zero-order valence-corrected chi connectivity index (χ0v) is 11.3. The van der Waals surface area contributed by atoms with Crippen LogP contribution in [0.1, 0.15) is 39.8 Å². The van der Waals surface area contributed by atoms with Crippen LogP contribution in [-0.4, -0.2) is 25.3 Å². The first kappa shape index (κ1) is 12.9. The van der Waals surface area contributed by atoms with E-state index in [0.717, 1.165) is 6.54 Å². The SMILES string of the molecule is CC(=O)c1sc(N(C)CC2CC2)c(C(N)=O)c1N. The lowest BCUT2D eigenvalue weighted by Gasteiger charge is -2.18. The highest BCUT2D eigenvalue weighted by molar-refractivity contribution is 7.19. The summed E-state index contributed by atoms with van der Waals surface area (Å²) in [4.78, 5) is 25.4. The number of ketones is 1. The van der Waals surface area contributed by atoms with Crippen molar-refractivity contribution in [3.63, 3.8) is 0 Å². The van der Waals surface area contributed by atoms with Crippen LogP contribution in [0, 0.1) is 5.92 Å². The predicted octanol–water partition coefficient (Wildman–Crippen LogP) is 1.48. The molecule has 6 heteroatoms. The lowest BCUT2D eigenvalue weighted by atomic mass is 10.2. The molecule has 1 saturated carbocycles. The molecule has 0 spiro atoms.